The molecule has 3 aromatic carbocycles. The van der Waals surface area contributed by atoms with Crippen LogP contribution in [-0.4, -0.2) is 55.8 Å². The fraction of sp³-hybridized carbons (Fsp3) is 0.394. The van der Waals surface area contributed by atoms with Crippen LogP contribution in [-0.2, 0) is 26.2 Å². The van der Waals surface area contributed by atoms with E-state index in [0.717, 1.165) is 53.6 Å². The minimum atomic E-state index is -4.61. The van der Waals surface area contributed by atoms with E-state index in [-0.39, 0.29) is 46.2 Å². The van der Waals surface area contributed by atoms with Gasteiger partial charge in [0.25, 0.3) is 15.7 Å². The van der Waals surface area contributed by atoms with E-state index in [4.69, 9.17) is 16.3 Å². The summed E-state index contributed by atoms with van der Waals surface area (Å²) in [5.41, 5.74) is 1.61. The molecule has 1 aliphatic carbocycles. The molecular formula is C33H39ClN4O7S. The number of aryl methyl sites for hydroxylation is 2. The van der Waals surface area contributed by atoms with Gasteiger partial charge in [0.2, 0.25) is 11.8 Å². The van der Waals surface area contributed by atoms with Crippen molar-refractivity contribution >= 4 is 44.8 Å². The Balaban J connectivity index is 1.77. The number of anilines is 1. The Morgan fingerprint density at radius 1 is 1.04 bits per heavy atom. The van der Waals surface area contributed by atoms with Gasteiger partial charge in [-0.1, -0.05) is 66.8 Å². The van der Waals surface area contributed by atoms with Crippen molar-refractivity contribution in [3.05, 3.63) is 92.5 Å². The molecule has 11 nitrogen and oxygen atoms in total. The molecule has 1 atom stereocenters. The average Bonchev–Trinajstić information content (AvgIpc) is 3.03. The van der Waals surface area contributed by atoms with Gasteiger partial charge in [-0.15, -0.1) is 0 Å². The molecule has 46 heavy (non-hydrogen) atoms. The van der Waals surface area contributed by atoms with Crippen molar-refractivity contribution < 1.29 is 27.7 Å². The molecule has 13 heteroatoms. The van der Waals surface area contributed by atoms with E-state index >= 15 is 0 Å². The lowest BCUT2D eigenvalue weighted by Gasteiger charge is -2.33. The first kappa shape index (κ1) is 34.7. The van der Waals surface area contributed by atoms with E-state index in [0.29, 0.717) is 0 Å². The zero-order valence-corrected chi connectivity index (χ0v) is 27.9. The summed E-state index contributed by atoms with van der Waals surface area (Å²) in [4.78, 5) is 39.8. The molecule has 1 aliphatic rings. The van der Waals surface area contributed by atoms with Gasteiger partial charge < -0.3 is 15.0 Å². The third kappa shape index (κ3) is 8.16. The summed E-state index contributed by atoms with van der Waals surface area (Å²) >= 11 is 6.29. The summed E-state index contributed by atoms with van der Waals surface area (Å²) < 4.78 is 34.8. The lowest BCUT2D eigenvalue weighted by molar-refractivity contribution is -0.385. The minimum absolute atomic E-state index is 0.00459. The summed E-state index contributed by atoms with van der Waals surface area (Å²) in [6.45, 7) is 4.34. The Morgan fingerprint density at radius 2 is 1.72 bits per heavy atom. The number of ether oxygens (including phenoxy) is 1. The van der Waals surface area contributed by atoms with Gasteiger partial charge in [0.15, 0.2) is 0 Å². The molecule has 0 aliphatic heterocycles. The summed E-state index contributed by atoms with van der Waals surface area (Å²) in [6.07, 6.45) is 4.84. The van der Waals surface area contributed by atoms with Crippen molar-refractivity contribution in [2.75, 3.05) is 18.0 Å². The van der Waals surface area contributed by atoms with Gasteiger partial charge in [0, 0.05) is 29.2 Å². The van der Waals surface area contributed by atoms with E-state index in [9.17, 15) is 28.1 Å². The van der Waals surface area contributed by atoms with Crippen molar-refractivity contribution in [1.82, 2.24) is 10.2 Å². The maximum absolute atomic E-state index is 14.3. The number of benzene rings is 3. The van der Waals surface area contributed by atoms with Crippen LogP contribution in [0.2, 0.25) is 5.02 Å². The quantitative estimate of drug-likeness (QED) is 0.186. The van der Waals surface area contributed by atoms with Gasteiger partial charge in [0.1, 0.15) is 18.3 Å². The Hall–Kier alpha value is -4.16. The lowest BCUT2D eigenvalue weighted by Crippen LogP contribution is -2.53. The van der Waals surface area contributed by atoms with Crippen LogP contribution in [0.5, 0.6) is 5.75 Å². The van der Waals surface area contributed by atoms with Gasteiger partial charge in [-0.3, -0.25) is 24.0 Å². The number of hydrogen-bond donors (Lipinski definition) is 1. The molecule has 0 saturated heterocycles. The zero-order valence-electron chi connectivity index (χ0n) is 26.4. The van der Waals surface area contributed by atoms with E-state index in [1.165, 1.54) is 49.3 Å². The van der Waals surface area contributed by atoms with Crippen LogP contribution < -0.4 is 14.4 Å². The third-order valence-electron chi connectivity index (χ3n) is 8.25. The summed E-state index contributed by atoms with van der Waals surface area (Å²) in [6, 6.07) is 14.4. The molecule has 1 fully saturated rings. The maximum Gasteiger partial charge on any atom is 0.273 e. The number of methoxy groups -OCH3 is 1. The molecule has 3 aromatic rings. The highest BCUT2D eigenvalue weighted by molar-refractivity contribution is 7.92. The van der Waals surface area contributed by atoms with Crippen LogP contribution >= 0.6 is 11.6 Å². The van der Waals surface area contributed by atoms with Crippen molar-refractivity contribution in [3.63, 3.8) is 0 Å². The second kappa shape index (κ2) is 15.0. The van der Waals surface area contributed by atoms with E-state index < -0.39 is 38.3 Å². The molecule has 246 valence electrons. The number of rotatable bonds is 12. The van der Waals surface area contributed by atoms with Crippen LogP contribution in [0.4, 0.5) is 11.4 Å². The van der Waals surface area contributed by atoms with E-state index in [1.54, 1.807) is 6.92 Å². The number of carbonyl (C=O) groups is 2. The topological polar surface area (TPSA) is 139 Å². The van der Waals surface area contributed by atoms with Crippen molar-refractivity contribution in [3.8, 4) is 5.75 Å². The van der Waals surface area contributed by atoms with Crippen molar-refractivity contribution in [2.24, 2.45) is 0 Å². The van der Waals surface area contributed by atoms with Crippen LogP contribution in [0.15, 0.2) is 65.6 Å². The second-order valence-electron chi connectivity index (χ2n) is 11.6. The number of hydrogen-bond acceptors (Lipinski definition) is 7. The highest BCUT2D eigenvalue weighted by Gasteiger charge is 2.35. The van der Waals surface area contributed by atoms with Crippen LogP contribution in [0.3, 0.4) is 0 Å². The number of nitrogens with zero attached hydrogens (tertiary/aromatic N) is 3. The van der Waals surface area contributed by atoms with Gasteiger partial charge >= 0.3 is 0 Å². The van der Waals surface area contributed by atoms with Crippen molar-refractivity contribution in [1.29, 1.82) is 0 Å². The lowest BCUT2D eigenvalue weighted by atomic mass is 9.95. The van der Waals surface area contributed by atoms with E-state index in [2.05, 4.69) is 5.32 Å². The third-order valence-corrected chi connectivity index (χ3v) is 10.2. The number of halogens is 1. The van der Waals surface area contributed by atoms with Gasteiger partial charge in [-0.25, -0.2) is 8.42 Å². The minimum Gasteiger partial charge on any atom is -0.495 e. The predicted octanol–water partition coefficient (Wildman–Crippen LogP) is 5.94. The number of amides is 2. The Kier molecular flexibility index (Phi) is 11.3. The Bertz CT molecular complexity index is 1690. The standard InChI is InChI=1S/C33H39ClN4O7S/c1-22-10-13-25(14-11-22)20-36(24(3)33(40)35-27-8-6-5-7-9-27)32(39)21-37(30-18-26(34)15-17-31(30)45-4)46(43,44)28-16-12-23(2)29(19-28)38(41)42/h10-19,24,27H,5-9,20-21H2,1-4H3,(H,35,40). The molecule has 4 rings (SSSR count). The summed E-state index contributed by atoms with van der Waals surface area (Å²) in [5, 5.41) is 14.9. The van der Waals surface area contributed by atoms with Crippen LogP contribution in [0.1, 0.15) is 55.7 Å². The Morgan fingerprint density at radius 3 is 2.35 bits per heavy atom. The number of nitro groups is 1. The molecule has 1 unspecified atom stereocenters. The molecule has 0 aromatic heterocycles. The predicted molar refractivity (Wildman–Crippen MR) is 177 cm³/mol. The average molecular weight is 671 g/mol. The molecule has 0 bridgehead atoms. The Labute approximate surface area is 274 Å². The summed E-state index contributed by atoms with van der Waals surface area (Å²) in [5.74, 6) is -0.897. The van der Waals surface area contributed by atoms with Gasteiger partial charge in [-0.2, -0.15) is 0 Å². The first-order valence-corrected chi connectivity index (χ1v) is 16.9. The second-order valence-corrected chi connectivity index (χ2v) is 13.9. The van der Waals surface area contributed by atoms with Crippen LogP contribution in [0, 0.1) is 24.0 Å². The number of nitro benzene ring substituents is 1. The fourth-order valence-electron chi connectivity index (χ4n) is 5.49. The fourth-order valence-corrected chi connectivity index (χ4v) is 7.09. The van der Waals surface area contributed by atoms with Crippen LogP contribution in [0.25, 0.3) is 0 Å². The first-order valence-electron chi connectivity index (χ1n) is 15.1. The molecule has 1 N–H and O–H groups in total. The maximum atomic E-state index is 14.3. The zero-order chi connectivity index (χ0) is 33.6. The van der Waals surface area contributed by atoms with E-state index in [1.807, 2.05) is 31.2 Å². The SMILES string of the molecule is COc1ccc(Cl)cc1N(CC(=O)N(Cc1ccc(C)cc1)C(C)C(=O)NC1CCCCC1)S(=O)(=O)c1ccc(C)c([N+](=O)[O-])c1. The van der Waals surface area contributed by atoms with Gasteiger partial charge in [-0.05, 0) is 63.4 Å². The molecule has 0 radical (unpaired) electrons. The molecule has 2 amide bonds. The number of sulfonamides is 1. The molecule has 0 spiro atoms. The molecule has 1 saturated carbocycles. The monoisotopic (exact) mass is 670 g/mol. The molecule has 0 heterocycles. The molecular weight excluding hydrogens is 632 g/mol. The number of carbonyl (C=O) groups excluding carboxylic acids is 2. The highest BCUT2D eigenvalue weighted by atomic mass is 35.5. The summed E-state index contributed by atoms with van der Waals surface area (Å²) in [7, 11) is -3.27. The largest absolute Gasteiger partial charge is 0.495 e. The smallest absolute Gasteiger partial charge is 0.273 e. The number of nitrogens with one attached hydrogen (secondary N) is 1. The van der Waals surface area contributed by atoms with Gasteiger partial charge in [0.05, 0.1) is 22.6 Å². The highest BCUT2D eigenvalue weighted by Crippen LogP contribution is 2.36. The normalized spacial score (nSPS) is 14.3. The van der Waals surface area contributed by atoms with Crippen molar-refractivity contribution in [2.45, 2.75) is 76.4 Å². The first-order chi connectivity index (χ1) is 21.8.